The summed E-state index contributed by atoms with van der Waals surface area (Å²) in [7, 11) is 1.57. The molecule has 1 aliphatic heterocycles. The first-order valence-corrected chi connectivity index (χ1v) is 12.7. The van der Waals surface area contributed by atoms with Crippen LogP contribution in [0, 0.1) is 12.8 Å². The smallest absolute Gasteiger partial charge is 0.350 e. The van der Waals surface area contributed by atoms with Crippen molar-refractivity contribution < 1.29 is 17.6 Å². The zero-order chi connectivity index (χ0) is 25.9. The minimum atomic E-state index is -4.34. The predicted octanol–water partition coefficient (Wildman–Crippen LogP) is 5.33. The maximum atomic E-state index is 15.0. The van der Waals surface area contributed by atoms with Gasteiger partial charge in [-0.05, 0) is 55.6 Å². The van der Waals surface area contributed by atoms with Crippen LogP contribution < -0.4 is 10.2 Å². The molecule has 0 unspecified atom stereocenters. The van der Waals surface area contributed by atoms with Crippen LogP contribution in [0.1, 0.15) is 24.4 Å². The number of benzene rings is 1. The Kier molecular flexibility index (Phi) is 5.58. The van der Waals surface area contributed by atoms with Gasteiger partial charge < -0.3 is 14.8 Å². The van der Waals surface area contributed by atoms with E-state index in [1.165, 1.54) is 16.3 Å². The Morgan fingerprint density at radius 3 is 2.57 bits per heavy atom. The lowest BCUT2D eigenvalue weighted by Gasteiger charge is -2.45. The number of hydrogen-bond acceptors (Lipinski definition) is 7. The van der Waals surface area contributed by atoms with Crippen LogP contribution in [0.3, 0.4) is 0 Å². The molecule has 2 fully saturated rings. The summed E-state index contributed by atoms with van der Waals surface area (Å²) in [6, 6.07) is 8.86. The standard InChI is InChI=1S/C24H24F4N8S/c1-13-7-19(34-33-13)30-18-9-20(36-11-23(25,12-36)14-3-4-14)32-22(31-18)37-15-5-6-16-17(8-15)35(2)21(29-16)10-24(26,27)28/h5-9,14H,3-4,10-12H2,1-2H3,(H2,30,31,32,33,34). The van der Waals surface area contributed by atoms with Gasteiger partial charge >= 0.3 is 6.18 Å². The van der Waals surface area contributed by atoms with Crippen LogP contribution in [0.25, 0.3) is 11.0 Å². The number of anilines is 3. The van der Waals surface area contributed by atoms with E-state index in [2.05, 4.69) is 30.5 Å². The number of hydrogen-bond donors (Lipinski definition) is 2. The van der Waals surface area contributed by atoms with Gasteiger partial charge in [-0.15, -0.1) is 0 Å². The fourth-order valence-electron chi connectivity index (χ4n) is 4.63. The minimum Gasteiger partial charge on any atom is -0.350 e. The molecular formula is C24H24F4N8S. The molecule has 2 N–H and O–H groups in total. The molecule has 0 bridgehead atoms. The van der Waals surface area contributed by atoms with Crippen LogP contribution in [-0.2, 0) is 13.5 Å². The fraction of sp³-hybridized carbons (Fsp3) is 0.417. The minimum absolute atomic E-state index is 0.0492. The molecule has 4 heterocycles. The van der Waals surface area contributed by atoms with E-state index in [4.69, 9.17) is 0 Å². The molecule has 2 aliphatic rings. The second kappa shape index (κ2) is 8.61. The van der Waals surface area contributed by atoms with E-state index in [-0.39, 0.29) is 11.7 Å². The van der Waals surface area contributed by atoms with Gasteiger partial charge in [0.15, 0.2) is 11.0 Å². The van der Waals surface area contributed by atoms with Crippen molar-refractivity contribution in [3.05, 3.63) is 41.9 Å². The third kappa shape index (κ3) is 4.96. The Bertz CT molecular complexity index is 1470. The lowest BCUT2D eigenvalue weighted by Crippen LogP contribution is -2.60. The van der Waals surface area contributed by atoms with Crippen LogP contribution >= 0.6 is 11.8 Å². The molecule has 1 aliphatic carbocycles. The molecule has 1 saturated carbocycles. The first kappa shape index (κ1) is 24.0. The Labute approximate surface area is 213 Å². The molecule has 1 aromatic carbocycles. The van der Waals surface area contributed by atoms with Crippen LogP contribution in [0.5, 0.6) is 0 Å². The van der Waals surface area contributed by atoms with Crippen molar-refractivity contribution in [2.75, 3.05) is 23.3 Å². The van der Waals surface area contributed by atoms with Crippen molar-refractivity contribution >= 4 is 40.2 Å². The number of rotatable bonds is 7. The number of imidazole rings is 1. The zero-order valence-corrected chi connectivity index (χ0v) is 20.9. The van der Waals surface area contributed by atoms with E-state index >= 15 is 4.39 Å². The molecule has 37 heavy (non-hydrogen) atoms. The lowest BCUT2D eigenvalue weighted by atomic mass is 9.91. The summed E-state index contributed by atoms with van der Waals surface area (Å²) in [5.41, 5.74) is 0.788. The van der Waals surface area contributed by atoms with Gasteiger partial charge in [-0.3, -0.25) is 5.10 Å². The first-order valence-electron chi connectivity index (χ1n) is 11.9. The van der Waals surface area contributed by atoms with E-state index in [1.54, 1.807) is 31.3 Å². The third-order valence-corrected chi connectivity index (χ3v) is 7.56. The van der Waals surface area contributed by atoms with Crippen LogP contribution in [0.15, 0.2) is 40.4 Å². The van der Waals surface area contributed by atoms with Crippen molar-refractivity contribution in [3.8, 4) is 0 Å². The quantitative estimate of drug-likeness (QED) is 0.246. The van der Waals surface area contributed by atoms with Crippen molar-refractivity contribution in [3.63, 3.8) is 0 Å². The average molecular weight is 533 g/mol. The summed E-state index contributed by atoms with van der Waals surface area (Å²) in [5.74, 6) is 1.79. The van der Waals surface area contributed by atoms with Gasteiger partial charge in [0.1, 0.15) is 29.5 Å². The molecular weight excluding hydrogens is 508 g/mol. The van der Waals surface area contributed by atoms with Gasteiger partial charge in [-0.1, -0.05) is 0 Å². The molecule has 13 heteroatoms. The van der Waals surface area contributed by atoms with E-state index < -0.39 is 18.3 Å². The summed E-state index contributed by atoms with van der Waals surface area (Å²) in [6.07, 6.45) is -3.57. The lowest BCUT2D eigenvalue weighted by molar-refractivity contribution is -0.128. The third-order valence-electron chi connectivity index (χ3n) is 6.71. The molecule has 3 aromatic heterocycles. The Morgan fingerprint density at radius 1 is 1.11 bits per heavy atom. The summed E-state index contributed by atoms with van der Waals surface area (Å²) in [5, 5.41) is 10.7. The van der Waals surface area contributed by atoms with Gasteiger partial charge in [-0.2, -0.15) is 18.3 Å². The number of aromatic nitrogens is 6. The summed E-state index contributed by atoms with van der Waals surface area (Å²) in [4.78, 5) is 16.1. The maximum absolute atomic E-state index is 15.0. The molecule has 0 atom stereocenters. The Morgan fingerprint density at radius 2 is 1.89 bits per heavy atom. The molecule has 6 rings (SSSR count). The molecule has 0 radical (unpaired) electrons. The first-order chi connectivity index (χ1) is 17.5. The van der Waals surface area contributed by atoms with Gasteiger partial charge in [0.05, 0.1) is 24.1 Å². The number of fused-ring (bicyclic) bond motifs is 1. The zero-order valence-electron chi connectivity index (χ0n) is 20.1. The van der Waals surface area contributed by atoms with Gasteiger partial charge in [0.2, 0.25) is 0 Å². The number of alkyl halides is 4. The van der Waals surface area contributed by atoms with E-state index in [9.17, 15) is 13.2 Å². The van der Waals surface area contributed by atoms with Crippen molar-refractivity contribution in [2.24, 2.45) is 13.0 Å². The molecule has 8 nitrogen and oxygen atoms in total. The summed E-state index contributed by atoms with van der Waals surface area (Å²) in [6.45, 7) is 2.48. The summed E-state index contributed by atoms with van der Waals surface area (Å²) < 4.78 is 55.3. The number of H-pyrrole nitrogens is 1. The highest BCUT2D eigenvalue weighted by molar-refractivity contribution is 7.99. The fourth-order valence-corrected chi connectivity index (χ4v) is 5.43. The Balaban J connectivity index is 1.29. The van der Waals surface area contributed by atoms with Crippen LogP contribution in [0.2, 0.25) is 0 Å². The number of halogens is 4. The maximum Gasteiger partial charge on any atom is 0.396 e. The van der Waals surface area contributed by atoms with Gasteiger partial charge in [-0.25, -0.2) is 19.3 Å². The molecule has 4 aromatic rings. The van der Waals surface area contributed by atoms with Crippen LogP contribution in [-0.4, -0.2) is 54.7 Å². The monoisotopic (exact) mass is 532 g/mol. The van der Waals surface area contributed by atoms with Crippen molar-refractivity contribution in [1.82, 2.24) is 29.7 Å². The Hall–Kier alpha value is -3.35. The second-order valence-corrected chi connectivity index (χ2v) is 10.8. The normalized spacial score (nSPS) is 17.3. The van der Waals surface area contributed by atoms with Crippen molar-refractivity contribution in [2.45, 2.75) is 48.1 Å². The number of nitrogens with zero attached hydrogens (tertiary/aromatic N) is 6. The largest absolute Gasteiger partial charge is 0.396 e. The van der Waals surface area contributed by atoms with Crippen LogP contribution in [0.4, 0.5) is 35.0 Å². The second-order valence-electron chi connectivity index (χ2n) is 9.75. The number of aromatic amines is 1. The highest BCUT2D eigenvalue weighted by atomic mass is 32.2. The number of aryl methyl sites for hydroxylation is 2. The SMILES string of the molecule is Cc1cc(Nc2cc(N3CC(F)(C4CC4)C3)nc(Sc3ccc4nc(CC(F)(F)F)n(C)c4c3)n2)n[nH]1. The highest BCUT2D eigenvalue weighted by Crippen LogP contribution is 2.48. The molecule has 0 amide bonds. The molecule has 194 valence electrons. The van der Waals surface area contributed by atoms with E-state index in [0.717, 1.165) is 23.4 Å². The number of nitrogens with one attached hydrogen (secondary N) is 2. The van der Waals surface area contributed by atoms with E-state index in [1.807, 2.05) is 17.9 Å². The van der Waals surface area contributed by atoms with Crippen molar-refractivity contribution in [1.29, 1.82) is 0 Å². The highest BCUT2D eigenvalue weighted by Gasteiger charge is 2.54. The molecule has 0 spiro atoms. The topological polar surface area (TPSA) is 87.5 Å². The molecule has 1 saturated heterocycles. The van der Waals surface area contributed by atoms with E-state index in [0.29, 0.717) is 46.7 Å². The van der Waals surface area contributed by atoms with Gasteiger partial charge in [0.25, 0.3) is 0 Å². The van der Waals surface area contributed by atoms with Gasteiger partial charge in [0, 0.05) is 29.8 Å². The average Bonchev–Trinajstić information content (AvgIpc) is 3.52. The predicted molar refractivity (Wildman–Crippen MR) is 132 cm³/mol. The summed E-state index contributed by atoms with van der Waals surface area (Å²) >= 11 is 1.27.